The highest BCUT2D eigenvalue weighted by Gasteiger charge is 2.12. The molecule has 0 amide bonds. The molecule has 2 aromatic rings. The summed E-state index contributed by atoms with van der Waals surface area (Å²) in [5, 5.41) is 10.4. The van der Waals surface area contributed by atoms with Gasteiger partial charge >= 0.3 is 0 Å². The number of rotatable bonds is 4. The maximum absolute atomic E-state index is 9.36. The van der Waals surface area contributed by atoms with E-state index >= 15 is 0 Å². The molecule has 1 aromatic carbocycles. The first-order valence-electron chi connectivity index (χ1n) is 6.80. The Labute approximate surface area is 119 Å². The lowest BCUT2D eigenvalue weighted by atomic mass is 10.0. The average molecular weight is 268 g/mol. The second-order valence-electron chi connectivity index (χ2n) is 5.18. The molecule has 2 rings (SSSR count). The van der Waals surface area contributed by atoms with Gasteiger partial charge in [0.1, 0.15) is 11.9 Å². The molecule has 0 aliphatic carbocycles. The van der Waals surface area contributed by atoms with E-state index in [0.717, 1.165) is 35.2 Å². The van der Waals surface area contributed by atoms with Crippen molar-refractivity contribution in [3.05, 3.63) is 34.9 Å². The molecule has 1 heterocycles. The van der Waals surface area contributed by atoms with Crippen LogP contribution >= 0.6 is 0 Å². The number of aryl methyl sites for hydroxylation is 2. The minimum absolute atomic E-state index is 0.615. The van der Waals surface area contributed by atoms with Crippen LogP contribution in [0.1, 0.15) is 23.1 Å². The monoisotopic (exact) mass is 268 g/mol. The molecule has 0 saturated carbocycles. The lowest BCUT2D eigenvalue weighted by Crippen LogP contribution is -2.23. The summed E-state index contributed by atoms with van der Waals surface area (Å²) in [6.07, 6.45) is 0.883. The molecule has 0 bridgehead atoms. The first-order chi connectivity index (χ1) is 9.56. The van der Waals surface area contributed by atoms with E-state index < -0.39 is 0 Å². The maximum Gasteiger partial charge on any atom is 0.147 e. The Morgan fingerprint density at radius 1 is 1.30 bits per heavy atom. The van der Waals surface area contributed by atoms with Gasteiger partial charge in [0, 0.05) is 19.0 Å². The third-order valence-corrected chi connectivity index (χ3v) is 3.44. The van der Waals surface area contributed by atoms with Crippen LogP contribution in [0.2, 0.25) is 0 Å². The summed E-state index contributed by atoms with van der Waals surface area (Å²) >= 11 is 0. The fraction of sp³-hybridized carbons (Fsp3) is 0.375. The Hall–Kier alpha value is -2.12. The van der Waals surface area contributed by atoms with E-state index in [1.807, 2.05) is 18.0 Å². The number of hydrogen-bond donors (Lipinski definition) is 1. The predicted octanol–water partition coefficient (Wildman–Crippen LogP) is 2.51. The SMILES string of the molecule is Cc1cc(C)c2cc(C#N)c(N(C)CCCN)nc2c1. The normalized spacial score (nSPS) is 10.6. The number of nitrogens with two attached hydrogens (primary N) is 1. The van der Waals surface area contributed by atoms with Gasteiger partial charge in [-0.15, -0.1) is 0 Å². The number of fused-ring (bicyclic) bond motifs is 1. The van der Waals surface area contributed by atoms with Crippen LogP contribution in [0.5, 0.6) is 0 Å². The summed E-state index contributed by atoms with van der Waals surface area (Å²) in [4.78, 5) is 6.69. The van der Waals surface area contributed by atoms with Crippen LogP contribution in [0.25, 0.3) is 10.9 Å². The van der Waals surface area contributed by atoms with Gasteiger partial charge < -0.3 is 10.6 Å². The Morgan fingerprint density at radius 3 is 2.70 bits per heavy atom. The zero-order chi connectivity index (χ0) is 14.7. The molecule has 0 fully saturated rings. The van der Waals surface area contributed by atoms with E-state index in [2.05, 4.69) is 37.0 Å². The smallest absolute Gasteiger partial charge is 0.147 e. The number of benzene rings is 1. The highest BCUT2D eigenvalue weighted by atomic mass is 15.2. The Bertz CT molecular complexity index is 670. The van der Waals surface area contributed by atoms with Gasteiger partial charge in [0.25, 0.3) is 0 Å². The van der Waals surface area contributed by atoms with E-state index in [1.54, 1.807) is 0 Å². The molecule has 0 radical (unpaired) electrons. The molecule has 4 nitrogen and oxygen atoms in total. The van der Waals surface area contributed by atoms with Gasteiger partial charge in [0.15, 0.2) is 0 Å². The molecule has 1 aromatic heterocycles. The van der Waals surface area contributed by atoms with E-state index in [1.165, 1.54) is 5.56 Å². The number of nitriles is 1. The van der Waals surface area contributed by atoms with Crippen LogP contribution in [-0.2, 0) is 0 Å². The number of nitrogens with zero attached hydrogens (tertiary/aromatic N) is 3. The Morgan fingerprint density at radius 2 is 2.05 bits per heavy atom. The molecule has 104 valence electrons. The molecule has 2 N–H and O–H groups in total. The van der Waals surface area contributed by atoms with Gasteiger partial charge in [0.2, 0.25) is 0 Å². The maximum atomic E-state index is 9.36. The molecule has 4 heteroatoms. The average Bonchev–Trinajstić information content (AvgIpc) is 2.43. The van der Waals surface area contributed by atoms with Crippen molar-refractivity contribution in [3.63, 3.8) is 0 Å². The van der Waals surface area contributed by atoms with E-state index in [4.69, 9.17) is 5.73 Å². The third kappa shape index (κ3) is 2.73. The van der Waals surface area contributed by atoms with Crippen molar-refractivity contribution >= 4 is 16.7 Å². The lowest BCUT2D eigenvalue weighted by molar-refractivity contribution is 0.787. The van der Waals surface area contributed by atoms with E-state index in [0.29, 0.717) is 12.1 Å². The third-order valence-electron chi connectivity index (χ3n) is 3.44. The Kier molecular flexibility index (Phi) is 4.21. The lowest BCUT2D eigenvalue weighted by Gasteiger charge is -2.20. The summed E-state index contributed by atoms with van der Waals surface area (Å²) in [5.41, 5.74) is 9.44. The summed E-state index contributed by atoms with van der Waals surface area (Å²) in [6, 6.07) is 8.36. The highest BCUT2D eigenvalue weighted by Crippen LogP contribution is 2.25. The first kappa shape index (κ1) is 14.3. The number of hydrogen-bond acceptors (Lipinski definition) is 4. The minimum Gasteiger partial charge on any atom is -0.359 e. The predicted molar refractivity (Wildman–Crippen MR) is 82.9 cm³/mol. The Balaban J connectivity index is 2.57. The molecular formula is C16H20N4. The topological polar surface area (TPSA) is 65.9 Å². The van der Waals surface area contributed by atoms with Crippen LogP contribution in [0.3, 0.4) is 0 Å². The molecular weight excluding hydrogens is 248 g/mol. The molecule has 0 aliphatic rings. The van der Waals surface area contributed by atoms with Crippen LogP contribution in [-0.4, -0.2) is 25.1 Å². The van der Waals surface area contributed by atoms with Gasteiger partial charge in [-0.2, -0.15) is 5.26 Å². The summed E-state index contributed by atoms with van der Waals surface area (Å²) in [5.74, 6) is 0.735. The molecule has 0 unspecified atom stereocenters. The highest BCUT2D eigenvalue weighted by molar-refractivity contribution is 5.86. The van der Waals surface area contributed by atoms with E-state index in [9.17, 15) is 5.26 Å². The number of pyridine rings is 1. The van der Waals surface area contributed by atoms with Gasteiger partial charge in [-0.1, -0.05) is 6.07 Å². The van der Waals surface area contributed by atoms with Crippen LogP contribution < -0.4 is 10.6 Å². The fourth-order valence-corrected chi connectivity index (χ4v) is 2.43. The second kappa shape index (κ2) is 5.89. The van der Waals surface area contributed by atoms with E-state index in [-0.39, 0.29) is 0 Å². The van der Waals surface area contributed by atoms with Crippen molar-refractivity contribution in [2.75, 3.05) is 25.0 Å². The molecule has 20 heavy (non-hydrogen) atoms. The van der Waals surface area contributed by atoms with Crippen molar-refractivity contribution in [2.45, 2.75) is 20.3 Å². The number of aromatic nitrogens is 1. The van der Waals surface area contributed by atoms with Crippen molar-refractivity contribution in [1.29, 1.82) is 5.26 Å². The largest absolute Gasteiger partial charge is 0.359 e. The van der Waals surface area contributed by atoms with Gasteiger partial charge in [-0.3, -0.25) is 0 Å². The van der Waals surface area contributed by atoms with Gasteiger partial charge in [-0.05, 0) is 50.1 Å². The van der Waals surface area contributed by atoms with Crippen molar-refractivity contribution in [3.8, 4) is 6.07 Å². The van der Waals surface area contributed by atoms with Crippen molar-refractivity contribution in [1.82, 2.24) is 4.98 Å². The van der Waals surface area contributed by atoms with Gasteiger partial charge in [-0.25, -0.2) is 4.98 Å². The van der Waals surface area contributed by atoms with Gasteiger partial charge in [0.05, 0.1) is 11.1 Å². The van der Waals surface area contributed by atoms with Crippen molar-refractivity contribution < 1.29 is 0 Å². The van der Waals surface area contributed by atoms with Crippen LogP contribution in [0.15, 0.2) is 18.2 Å². The molecule has 0 aliphatic heterocycles. The fourth-order valence-electron chi connectivity index (χ4n) is 2.43. The molecule has 0 saturated heterocycles. The van der Waals surface area contributed by atoms with Crippen molar-refractivity contribution in [2.24, 2.45) is 5.73 Å². The van der Waals surface area contributed by atoms with Crippen LogP contribution in [0.4, 0.5) is 5.82 Å². The minimum atomic E-state index is 0.615. The second-order valence-corrected chi connectivity index (χ2v) is 5.18. The molecule has 0 spiro atoms. The zero-order valence-corrected chi connectivity index (χ0v) is 12.3. The first-order valence-corrected chi connectivity index (χ1v) is 6.80. The molecule has 0 atom stereocenters. The zero-order valence-electron chi connectivity index (χ0n) is 12.3. The quantitative estimate of drug-likeness (QED) is 0.925. The summed E-state index contributed by atoms with van der Waals surface area (Å²) in [6.45, 7) is 5.55. The summed E-state index contributed by atoms with van der Waals surface area (Å²) < 4.78 is 0. The van der Waals surface area contributed by atoms with Crippen LogP contribution in [0, 0.1) is 25.2 Å². The summed E-state index contributed by atoms with van der Waals surface area (Å²) in [7, 11) is 1.95. The standard InChI is InChI=1S/C16H20N4/c1-11-7-12(2)14-9-13(10-18)16(19-15(14)8-11)20(3)6-4-5-17/h7-9H,4-6,17H2,1-3H3. The number of anilines is 1.